The molecule has 1 rings (SSSR count). The van der Waals surface area contributed by atoms with Crippen molar-refractivity contribution in [1.29, 1.82) is 0 Å². The first-order chi connectivity index (χ1) is 9.56. The van der Waals surface area contributed by atoms with Gasteiger partial charge in [0, 0.05) is 17.9 Å². The number of amides is 1. The largest absolute Gasteiger partial charge is 0.492 e. The molecule has 1 amide bonds. The standard InChI is InChI=1S/C15H23BrN2O2/c1-3-12(11-17)10-15(19)18(2)8-9-20-14-6-4-13(16)5-7-14/h4-7,12H,3,8-11,17H2,1-2H3. The van der Waals surface area contributed by atoms with Crippen molar-refractivity contribution in [2.24, 2.45) is 11.7 Å². The van der Waals surface area contributed by atoms with Crippen LogP contribution in [0, 0.1) is 5.92 Å². The van der Waals surface area contributed by atoms with Crippen molar-refractivity contribution >= 4 is 21.8 Å². The molecule has 0 fully saturated rings. The Morgan fingerprint density at radius 3 is 2.60 bits per heavy atom. The van der Waals surface area contributed by atoms with Crippen molar-refractivity contribution in [3.8, 4) is 5.75 Å². The molecule has 0 aliphatic carbocycles. The topological polar surface area (TPSA) is 55.6 Å². The molecule has 0 saturated heterocycles. The van der Waals surface area contributed by atoms with Crippen molar-refractivity contribution in [1.82, 2.24) is 4.90 Å². The SMILES string of the molecule is CCC(CN)CC(=O)N(C)CCOc1ccc(Br)cc1. The highest BCUT2D eigenvalue weighted by Gasteiger charge is 2.14. The van der Waals surface area contributed by atoms with Gasteiger partial charge in [-0.3, -0.25) is 4.79 Å². The smallest absolute Gasteiger partial charge is 0.222 e. The fraction of sp³-hybridized carbons (Fsp3) is 0.533. The molecule has 0 heterocycles. The molecule has 1 unspecified atom stereocenters. The van der Waals surface area contributed by atoms with Gasteiger partial charge in [-0.2, -0.15) is 0 Å². The minimum Gasteiger partial charge on any atom is -0.492 e. The molecule has 0 aliphatic rings. The highest BCUT2D eigenvalue weighted by atomic mass is 79.9. The summed E-state index contributed by atoms with van der Waals surface area (Å²) in [5.41, 5.74) is 5.62. The van der Waals surface area contributed by atoms with Gasteiger partial charge in [0.1, 0.15) is 12.4 Å². The Morgan fingerprint density at radius 2 is 2.05 bits per heavy atom. The molecule has 0 bridgehead atoms. The third kappa shape index (κ3) is 5.92. The predicted octanol–water partition coefficient (Wildman–Crippen LogP) is 2.66. The molecule has 0 spiro atoms. The van der Waals surface area contributed by atoms with Gasteiger partial charge in [0.25, 0.3) is 0 Å². The summed E-state index contributed by atoms with van der Waals surface area (Å²) in [6.07, 6.45) is 1.45. The van der Waals surface area contributed by atoms with Crippen molar-refractivity contribution in [2.45, 2.75) is 19.8 Å². The van der Waals surface area contributed by atoms with E-state index in [2.05, 4.69) is 22.9 Å². The molecule has 4 nitrogen and oxygen atoms in total. The number of hydrogen-bond donors (Lipinski definition) is 1. The maximum atomic E-state index is 12.0. The van der Waals surface area contributed by atoms with E-state index in [0.717, 1.165) is 16.6 Å². The van der Waals surface area contributed by atoms with Gasteiger partial charge in [0.15, 0.2) is 0 Å². The molecule has 2 N–H and O–H groups in total. The fourth-order valence-corrected chi connectivity index (χ4v) is 2.02. The Balaban J connectivity index is 2.30. The van der Waals surface area contributed by atoms with E-state index in [-0.39, 0.29) is 11.8 Å². The second kappa shape index (κ2) is 8.97. The van der Waals surface area contributed by atoms with E-state index in [9.17, 15) is 4.79 Å². The molecule has 5 heteroatoms. The average Bonchev–Trinajstić information content (AvgIpc) is 2.46. The molecule has 20 heavy (non-hydrogen) atoms. The Hall–Kier alpha value is -1.07. The molecule has 0 saturated carbocycles. The Labute approximate surface area is 129 Å². The van der Waals surface area contributed by atoms with Gasteiger partial charge in [-0.1, -0.05) is 29.3 Å². The summed E-state index contributed by atoms with van der Waals surface area (Å²) in [6, 6.07) is 7.65. The minimum atomic E-state index is 0.127. The van der Waals surface area contributed by atoms with Crippen LogP contribution in [0.4, 0.5) is 0 Å². The summed E-state index contributed by atoms with van der Waals surface area (Å²) in [4.78, 5) is 13.7. The highest BCUT2D eigenvalue weighted by molar-refractivity contribution is 9.10. The number of carbonyl (C=O) groups is 1. The van der Waals surface area contributed by atoms with E-state index >= 15 is 0 Å². The summed E-state index contributed by atoms with van der Waals surface area (Å²) >= 11 is 3.37. The van der Waals surface area contributed by atoms with Gasteiger partial charge in [0.2, 0.25) is 5.91 Å². The number of rotatable bonds is 8. The van der Waals surface area contributed by atoms with Crippen LogP contribution in [-0.4, -0.2) is 37.6 Å². The second-order valence-electron chi connectivity index (χ2n) is 4.83. The lowest BCUT2D eigenvalue weighted by Crippen LogP contribution is -2.33. The van der Waals surface area contributed by atoms with E-state index < -0.39 is 0 Å². The molecule has 112 valence electrons. The first kappa shape index (κ1) is 17.0. The van der Waals surface area contributed by atoms with Crippen LogP contribution in [0.2, 0.25) is 0 Å². The van der Waals surface area contributed by atoms with Crippen molar-refractivity contribution < 1.29 is 9.53 Å². The molecule has 0 aromatic heterocycles. The number of benzene rings is 1. The fourth-order valence-electron chi connectivity index (χ4n) is 1.75. The van der Waals surface area contributed by atoms with Crippen LogP contribution in [-0.2, 0) is 4.79 Å². The summed E-state index contributed by atoms with van der Waals surface area (Å²) < 4.78 is 6.62. The predicted molar refractivity (Wildman–Crippen MR) is 84.7 cm³/mol. The van der Waals surface area contributed by atoms with Gasteiger partial charge >= 0.3 is 0 Å². The van der Waals surface area contributed by atoms with E-state index in [1.54, 1.807) is 11.9 Å². The van der Waals surface area contributed by atoms with E-state index in [4.69, 9.17) is 10.5 Å². The summed E-state index contributed by atoms with van der Waals surface area (Å²) in [5, 5.41) is 0. The van der Waals surface area contributed by atoms with Crippen molar-refractivity contribution in [2.75, 3.05) is 26.7 Å². The Morgan fingerprint density at radius 1 is 1.40 bits per heavy atom. The lowest BCUT2D eigenvalue weighted by Gasteiger charge is -2.20. The summed E-state index contributed by atoms with van der Waals surface area (Å²) in [6.45, 7) is 3.69. The van der Waals surface area contributed by atoms with Gasteiger partial charge in [-0.15, -0.1) is 0 Å². The summed E-state index contributed by atoms with van der Waals surface area (Å²) in [7, 11) is 1.80. The summed E-state index contributed by atoms with van der Waals surface area (Å²) in [5.74, 6) is 1.21. The number of ether oxygens (including phenoxy) is 1. The minimum absolute atomic E-state index is 0.127. The molecule has 1 aromatic carbocycles. The third-order valence-corrected chi connectivity index (χ3v) is 3.84. The molecule has 0 radical (unpaired) electrons. The monoisotopic (exact) mass is 342 g/mol. The van der Waals surface area contributed by atoms with Crippen LogP contribution in [0.15, 0.2) is 28.7 Å². The second-order valence-corrected chi connectivity index (χ2v) is 5.75. The van der Waals surface area contributed by atoms with Crippen LogP contribution in [0.25, 0.3) is 0 Å². The van der Waals surface area contributed by atoms with E-state index in [1.807, 2.05) is 24.3 Å². The third-order valence-electron chi connectivity index (χ3n) is 3.31. The number of halogens is 1. The average molecular weight is 343 g/mol. The zero-order valence-corrected chi connectivity index (χ0v) is 13.7. The van der Waals surface area contributed by atoms with Gasteiger partial charge in [-0.05, 0) is 36.7 Å². The van der Waals surface area contributed by atoms with Gasteiger partial charge < -0.3 is 15.4 Å². The van der Waals surface area contributed by atoms with Crippen molar-refractivity contribution in [3.05, 3.63) is 28.7 Å². The van der Waals surface area contributed by atoms with Crippen LogP contribution in [0.5, 0.6) is 5.75 Å². The highest BCUT2D eigenvalue weighted by Crippen LogP contribution is 2.16. The number of hydrogen-bond acceptors (Lipinski definition) is 3. The molecule has 0 aliphatic heterocycles. The van der Waals surface area contributed by atoms with Crippen LogP contribution in [0.3, 0.4) is 0 Å². The first-order valence-corrected chi connectivity index (χ1v) is 7.68. The number of nitrogens with zero attached hydrogens (tertiary/aromatic N) is 1. The van der Waals surface area contributed by atoms with Gasteiger partial charge in [-0.25, -0.2) is 0 Å². The Bertz CT molecular complexity index is 405. The zero-order valence-electron chi connectivity index (χ0n) is 12.1. The van der Waals surface area contributed by atoms with E-state index in [0.29, 0.717) is 26.1 Å². The lowest BCUT2D eigenvalue weighted by atomic mass is 10.0. The maximum Gasteiger partial charge on any atom is 0.222 e. The normalized spacial score (nSPS) is 12.0. The van der Waals surface area contributed by atoms with Crippen LogP contribution in [0.1, 0.15) is 19.8 Å². The van der Waals surface area contributed by atoms with E-state index in [1.165, 1.54) is 0 Å². The molecule has 1 atom stereocenters. The first-order valence-electron chi connectivity index (χ1n) is 6.89. The Kier molecular flexibility index (Phi) is 7.62. The maximum absolute atomic E-state index is 12.0. The molecule has 1 aromatic rings. The molecular formula is C15H23BrN2O2. The van der Waals surface area contributed by atoms with Crippen LogP contribution >= 0.6 is 15.9 Å². The quantitative estimate of drug-likeness (QED) is 0.790. The molecular weight excluding hydrogens is 320 g/mol. The van der Waals surface area contributed by atoms with Crippen molar-refractivity contribution in [3.63, 3.8) is 0 Å². The number of nitrogens with two attached hydrogens (primary N) is 1. The van der Waals surface area contributed by atoms with Gasteiger partial charge in [0.05, 0.1) is 6.54 Å². The lowest BCUT2D eigenvalue weighted by molar-refractivity contribution is -0.131. The number of carbonyl (C=O) groups excluding carboxylic acids is 1. The zero-order chi connectivity index (χ0) is 15.0. The van der Waals surface area contributed by atoms with Crippen LogP contribution < -0.4 is 10.5 Å². The number of likely N-dealkylation sites (N-methyl/N-ethyl adjacent to an activating group) is 1.